The maximum absolute atomic E-state index is 12.2. The fourth-order valence-electron chi connectivity index (χ4n) is 7.80. The molecule has 2 N–H and O–H groups in total. The molecule has 0 spiro atoms. The quantitative estimate of drug-likeness (QED) is 0.428. The Morgan fingerprint density at radius 1 is 0.917 bits per heavy atom. The molecule has 36 heavy (non-hydrogen) atoms. The van der Waals surface area contributed by atoms with Gasteiger partial charge in [-0.2, -0.15) is 0 Å². The Labute approximate surface area is 211 Å². The first-order valence-electron chi connectivity index (χ1n) is 13.0. The zero-order chi connectivity index (χ0) is 25.6. The zero-order valence-electron chi connectivity index (χ0n) is 21.3. The number of carbonyl (C=O) groups excluding carboxylic acids is 2. The molecule has 2 aliphatic carbocycles. The number of aromatic hydroxyl groups is 2. The van der Waals surface area contributed by atoms with Gasteiger partial charge in [-0.1, -0.05) is 51.1 Å². The summed E-state index contributed by atoms with van der Waals surface area (Å²) in [5.74, 6) is -0.293. The van der Waals surface area contributed by atoms with E-state index < -0.39 is 11.2 Å². The van der Waals surface area contributed by atoms with E-state index in [0.29, 0.717) is 24.1 Å². The lowest BCUT2D eigenvalue weighted by Gasteiger charge is -2.50. The van der Waals surface area contributed by atoms with Crippen molar-refractivity contribution in [3.8, 4) is 17.2 Å². The van der Waals surface area contributed by atoms with Gasteiger partial charge in [0.2, 0.25) is 0 Å². The van der Waals surface area contributed by atoms with Gasteiger partial charge in [0.15, 0.2) is 12.6 Å². The average Bonchev–Trinajstić information content (AvgIpc) is 3.67. The first-order chi connectivity index (χ1) is 17.1. The van der Waals surface area contributed by atoms with Crippen LogP contribution in [0.2, 0.25) is 0 Å². The number of hydrogen-bond acceptors (Lipinski definition) is 6. The highest BCUT2D eigenvalue weighted by molar-refractivity contribution is 5.95. The average molecular weight is 491 g/mol. The van der Waals surface area contributed by atoms with Crippen LogP contribution in [-0.2, 0) is 4.74 Å². The van der Waals surface area contributed by atoms with Gasteiger partial charge in [0.05, 0.1) is 22.8 Å². The fraction of sp³-hybridized carbons (Fsp3) is 0.533. The molecule has 1 saturated heterocycles. The van der Waals surface area contributed by atoms with Crippen LogP contribution in [0, 0.1) is 22.7 Å². The van der Waals surface area contributed by atoms with Crippen LogP contribution >= 0.6 is 0 Å². The van der Waals surface area contributed by atoms with E-state index in [4.69, 9.17) is 9.47 Å². The molecular weight excluding hydrogens is 456 g/mol. The van der Waals surface area contributed by atoms with Gasteiger partial charge >= 0.3 is 0 Å². The molecule has 0 bridgehead atoms. The molecule has 2 saturated carbocycles. The molecule has 6 heteroatoms. The van der Waals surface area contributed by atoms with Crippen LogP contribution in [0.5, 0.6) is 17.2 Å². The number of benzene rings is 2. The van der Waals surface area contributed by atoms with Crippen molar-refractivity contribution in [2.24, 2.45) is 22.7 Å². The van der Waals surface area contributed by atoms with Gasteiger partial charge in [-0.05, 0) is 49.5 Å². The van der Waals surface area contributed by atoms with Crippen LogP contribution in [0.15, 0.2) is 30.3 Å². The van der Waals surface area contributed by atoms with E-state index in [1.807, 2.05) is 30.3 Å². The van der Waals surface area contributed by atoms with Gasteiger partial charge in [0.1, 0.15) is 23.4 Å². The standard InChI is InChI=1S/C30H34O6/c1-28(2)19-10-13-30(4)20(36-30)11-12-29(3)22(16-8-6-5-7-9-16)21-25(34)17(14-31)24(33)18(15-32)26(21)35-27(29)23(19)28/h5-9,14-15,19-20,22-23,27,33-34H,10-13H2,1-4H3. The summed E-state index contributed by atoms with van der Waals surface area (Å²) < 4.78 is 13.0. The Balaban J connectivity index is 1.62. The summed E-state index contributed by atoms with van der Waals surface area (Å²) in [7, 11) is 0. The van der Waals surface area contributed by atoms with Gasteiger partial charge in [-0.15, -0.1) is 0 Å². The molecule has 2 aromatic rings. The Kier molecular flexibility index (Phi) is 4.95. The van der Waals surface area contributed by atoms with Crippen LogP contribution < -0.4 is 4.74 Å². The molecule has 2 aromatic carbocycles. The van der Waals surface area contributed by atoms with Crippen LogP contribution in [0.4, 0.5) is 0 Å². The third-order valence-electron chi connectivity index (χ3n) is 10.1. The zero-order valence-corrected chi connectivity index (χ0v) is 21.3. The Bertz CT molecular complexity index is 1250. The van der Waals surface area contributed by atoms with Crippen molar-refractivity contribution in [2.75, 3.05) is 0 Å². The topological polar surface area (TPSA) is 96.4 Å². The monoisotopic (exact) mass is 490 g/mol. The number of phenolic OH excluding ortho intramolecular Hbond substituents is 2. The van der Waals surface area contributed by atoms with Crippen LogP contribution in [0.1, 0.15) is 91.1 Å². The molecule has 7 unspecified atom stereocenters. The van der Waals surface area contributed by atoms with E-state index in [1.165, 1.54) is 0 Å². The number of epoxide rings is 1. The van der Waals surface area contributed by atoms with Crippen molar-refractivity contribution < 1.29 is 29.3 Å². The minimum Gasteiger partial charge on any atom is -0.507 e. The SMILES string of the molecule is CC12CCC3C(C4Oc5c(C=O)c(O)c(C=O)c(O)c5C(c5ccccc5)C4(C)CCC1O2)C3(C)C. The summed E-state index contributed by atoms with van der Waals surface area (Å²) in [6.07, 6.45) is 4.62. The summed E-state index contributed by atoms with van der Waals surface area (Å²) in [5.41, 5.74) is 0.562. The molecule has 7 atom stereocenters. The largest absolute Gasteiger partial charge is 0.507 e. The number of rotatable bonds is 3. The van der Waals surface area contributed by atoms with E-state index in [-0.39, 0.29) is 57.7 Å². The van der Waals surface area contributed by atoms with Crippen LogP contribution in [-0.4, -0.2) is 40.6 Å². The minimum atomic E-state index is -0.528. The number of fused-ring (bicyclic) bond motifs is 5. The summed E-state index contributed by atoms with van der Waals surface area (Å²) in [6.45, 7) is 9.01. The molecule has 6 nitrogen and oxygen atoms in total. The number of aldehydes is 2. The van der Waals surface area contributed by atoms with Crippen molar-refractivity contribution >= 4 is 12.6 Å². The highest BCUT2D eigenvalue weighted by Gasteiger charge is 2.69. The van der Waals surface area contributed by atoms with E-state index >= 15 is 0 Å². The Morgan fingerprint density at radius 2 is 1.61 bits per heavy atom. The maximum atomic E-state index is 12.2. The van der Waals surface area contributed by atoms with Crippen LogP contribution in [0.25, 0.3) is 0 Å². The lowest BCUT2D eigenvalue weighted by Crippen LogP contribution is -2.48. The van der Waals surface area contributed by atoms with E-state index in [0.717, 1.165) is 31.2 Å². The third kappa shape index (κ3) is 3.06. The molecule has 0 aromatic heterocycles. The minimum absolute atomic E-state index is 0.0456. The van der Waals surface area contributed by atoms with Gasteiger partial charge in [0.25, 0.3) is 0 Å². The Morgan fingerprint density at radius 3 is 2.28 bits per heavy atom. The third-order valence-corrected chi connectivity index (χ3v) is 10.1. The van der Waals surface area contributed by atoms with Crippen molar-refractivity contribution in [1.82, 2.24) is 0 Å². The van der Waals surface area contributed by atoms with E-state index in [1.54, 1.807) is 0 Å². The number of phenols is 2. The van der Waals surface area contributed by atoms with Crippen molar-refractivity contribution in [3.05, 3.63) is 52.6 Å². The summed E-state index contributed by atoms with van der Waals surface area (Å²) in [6, 6.07) is 9.94. The predicted molar refractivity (Wildman–Crippen MR) is 134 cm³/mol. The molecule has 190 valence electrons. The van der Waals surface area contributed by atoms with Gasteiger partial charge in [-0.25, -0.2) is 0 Å². The Hall–Kier alpha value is -2.86. The van der Waals surface area contributed by atoms with Crippen LogP contribution in [0.3, 0.4) is 0 Å². The smallest absolute Gasteiger partial charge is 0.157 e. The number of hydrogen-bond donors (Lipinski definition) is 2. The highest BCUT2D eigenvalue weighted by atomic mass is 16.6. The second-order valence-electron chi connectivity index (χ2n) is 12.3. The maximum Gasteiger partial charge on any atom is 0.157 e. The van der Waals surface area contributed by atoms with Crippen molar-refractivity contribution in [3.63, 3.8) is 0 Å². The summed E-state index contributed by atoms with van der Waals surface area (Å²) >= 11 is 0. The van der Waals surface area contributed by atoms with Gasteiger partial charge < -0.3 is 19.7 Å². The molecule has 3 fully saturated rings. The molecule has 6 rings (SSSR count). The lowest BCUT2D eigenvalue weighted by atomic mass is 9.60. The fourth-order valence-corrected chi connectivity index (χ4v) is 7.80. The summed E-state index contributed by atoms with van der Waals surface area (Å²) in [5, 5.41) is 22.1. The normalized spacial score (nSPS) is 37.7. The molecule has 2 heterocycles. The molecule has 2 aliphatic heterocycles. The van der Waals surface area contributed by atoms with Crippen molar-refractivity contribution in [2.45, 2.75) is 77.1 Å². The molecular formula is C30H34O6. The first-order valence-corrected chi connectivity index (χ1v) is 13.0. The first kappa shape index (κ1) is 23.5. The number of carbonyl (C=O) groups is 2. The summed E-state index contributed by atoms with van der Waals surface area (Å²) in [4.78, 5) is 24.2. The van der Waals surface area contributed by atoms with E-state index in [2.05, 4.69) is 27.7 Å². The molecule has 0 radical (unpaired) electrons. The van der Waals surface area contributed by atoms with Gasteiger partial charge in [-0.3, -0.25) is 9.59 Å². The van der Waals surface area contributed by atoms with Gasteiger partial charge in [0, 0.05) is 22.8 Å². The van der Waals surface area contributed by atoms with Crippen molar-refractivity contribution in [1.29, 1.82) is 0 Å². The number of ether oxygens (including phenoxy) is 2. The predicted octanol–water partition coefficient (Wildman–Crippen LogP) is 5.63. The second-order valence-corrected chi connectivity index (χ2v) is 12.3. The molecule has 4 aliphatic rings. The molecule has 0 amide bonds. The van der Waals surface area contributed by atoms with E-state index in [9.17, 15) is 19.8 Å². The highest BCUT2D eigenvalue weighted by Crippen LogP contribution is 2.71. The second kappa shape index (κ2) is 7.58. The lowest BCUT2D eigenvalue weighted by molar-refractivity contribution is -0.0111.